The average Bonchev–Trinajstić information content (AvgIpc) is 3.31. The molecule has 0 bridgehead atoms. The Morgan fingerprint density at radius 1 is 0.976 bits per heavy atom. The van der Waals surface area contributed by atoms with Crippen molar-refractivity contribution in [3.05, 3.63) is 112 Å². The van der Waals surface area contributed by atoms with Crippen LogP contribution in [0.3, 0.4) is 0 Å². The SMILES string of the molecule is O=C(NCc1ccccc1-c1ccc(C2OC(Cn3cnc(Cl)c3Cl)CC(c3ccc(CO)cc3)O2)cc1)C(Cl)(Cl)Cl. The summed E-state index contributed by atoms with van der Waals surface area (Å²) in [5.74, 6) is -0.696. The normalized spacial score (nSPS) is 19.0. The fourth-order valence-electron chi connectivity index (χ4n) is 4.77. The second kappa shape index (κ2) is 13.5. The van der Waals surface area contributed by atoms with Crippen LogP contribution in [0.2, 0.25) is 10.3 Å². The topological polar surface area (TPSA) is 85.6 Å². The Bertz CT molecular complexity index is 1520. The molecule has 42 heavy (non-hydrogen) atoms. The van der Waals surface area contributed by atoms with Crippen LogP contribution in [0, 0.1) is 0 Å². The van der Waals surface area contributed by atoms with Gasteiger partial charge in [0, 0.05) is 18.5 Å². The van der Waals surface area contributed by atoms with Gasteiger partial charge in [-0.15, -0.1) is 0 Å². The van der Waals surface area contributed by atoms with Crippen LogP contribution in [0.15, 0.2) is 79.1 Å². The van der Waals surface area contributed by atoms with E-state index in [-0.39, 0.29) is 30.5 Å². The van der Waals surface area contributed by atoms with Gasteiger partial charge in [0.05, 0.1) is 31.7 Å². The van der Waals surface area contributed by atoms with Crippen molar-refractivity contribution in [1.82, 2.24) is 14.9 Å². The van der Waals surface area contributed by atoms with E-state index in [0.29, 0.717) is 18.1 Å². The molecule has 220 valence electrons. The molecule has 0 radical (unpaired) electrons. The van der Waals surface area contributed by atoms with Gasteiger partial charge in [-0.05, 0) is 27.8 Å². The van der Waals surface area contributed by atoms with Gasteiger partial charge >= 0.3 is 0 Å². The van der Waals surface area contributed by atoms with E-state index in [1.807, 2.05) is 72.8 Å². The molecule has 3 unspecified atom stereocenters. The Hall–Kier alpha value is -2.33. The van der Waals surface area contributed by atoms with Crippen molar-refractivity contribution in [2.75, 3.05) is 0 Å². The van der Waals surface area contributed by atoms with Gasteiger partial charge in [0.2, 0.25) is 0 Å². The lowest BCUT2D eigenvalue weighted by Gasteiger charge is -2.36. The summed E-state index contributed by atoms with van der Waals surface area (Å²) in [5, 5.41) is 12.7. The fraction of sp³-hybridized carbons (Fsp3) is 0.267. The van der Waals surface area contributed by atoms with Gasteiger partial charge in [-0.25, -0.2) is 4.98 Å². The first kappa shape index (κ1) is 31.1. The molecule has 0 aliphatic carbocycles. The number of carbonyl (C=O) groups is 1. The van der Waals surface area contributed by atoms with Gasteiger partial charge in [-0.2, -0.15) is 0 Å². The molecule has 2 N–H and O–H groups in total. The van der Waals surface area contributed by atoms with Crippen LogP contribution in [-0.4, -0.2) is 30.5 Å². The minimum absolute atomic E-state index is 0.0329. The van der Waals surface area contributed by atoms with E-state index in [1.165, 1.54) is 0 Å². The Labute approximate surface area is 268 Å². The molecular formula is C30H26Cl5N3O4. The first-order valence-electron chi connectivity index (χ1n) is 13.0. The highest BCUT2D eigenvalue weighted by atomic mass is 35.6. The van der Waals surface area contributed by atoms with Crippen molar-refractivity contribution in [3.8, 4) is 11.1 Å². The smallest absolute Gasteiger partial charge is 0.272 e. The number of hydrogen-bond donors (Lipinski definition) is 2. The van der Waals surface area contributed by atoms with E-state index in [9.17, 15) is 9.90 Å². The number of amides is 1. The predicted molar refractivity (Wildman–Crippen MR) is 165 cm³/mol. The lowest BCUT2D eigenvalue weighted by molar-refractivity contribution is -0.252. The monoisotopic (exact) mass is 667 g/mol. The number of carbonyl (C=O) groups excluding carboxylic acids is 1. The molecule has 1 aliphatic rings. The molecule has 1 saturated heterocycles. The van der Waals surface area contributed by atoms with Crippen LogP contribution in [0.1, 0.15) is 41.1 Å². The maximum Gasteiger partial charge on any atom is 0.272 e. The largest absolute Gasteiger partial charge is 0.392 e. The van der Waals surface area contributed by atoms with Crippen molar-refractivity contribution in [2.45, 2.75) is 48.4 Å². The first-order chi connectivity index (χ1) is 20.1. The molecule has 1 fully saturated rings. The van der Waals surface area contributed by atoms with E-state index in [1.54, 1.807) is 10.9 Å². The molecule has 2 heterocycles. The number of rotatable bonds is 8. The van der Waals surface area contributed by atoms with Crippen molar-refractivity contribution in [3.63, 3.8) is 0 Å². The summed E-state index contributed by atoms with van der Waals surface area (Å²) in [6.07, 6.45) is 0.993. The van der Waals surface area contributed by atoms with Gasteiger partial charge in [0.15, 0.2) is 11.4 Å². The number of alkyl halides is 3. The van der Waals surface area contributed by atoms with Gasteiger partial charge in [-0.3, -0.25) is 4.79 Å². The number of nitrogens with zero attached hydrogens (tertiary/aromatic N) is 2. The van der Waals surface area contributed by atoms with Crippen LogP contribution < -0.4 is 5.32 Å². The standard InChI is InChI=1S/C30H26Cl5N3O4/c31-26-27(32)38(17-37-26)15-23-13-25(20-7-5-18(16-39)6-8-20)42-28(41-23)21-11-9-19(10-12-21)24-4-2-1-3-22(24)14-36-29(40)30(33,34)35/h1-12,17,23,25,28,39H,13-16H2,(H,36,40). The summed E-state index contributed by atoms with van der Waals surface area (Å²) in [6.45, 7) is 0.600. The third-order valence-corrected chi connectivity index (χ3v) is 8.24. The minimum Gasteiger partial charge on any atom is -0.392 e. The molecule has 0 spiro atoms. The zero-order valence-electron chi connectivity index (χ0n) is 22.0. The summed E-state index contributed by atoms with van der Waals surface area (Å²) >= 11 is 29.5. The minimum atomic E-state index is -2.04. The van der Waals surface area contributed by atoms with Crippen LogP contribution in [-0.2, 0) is 34.0 Å². The zero-order chi connectivity index (χ0) is 29.9. The van der Waals surface area contributed by atoms with E-state index < -0.39 is 16.0 Å². The molecular weight excluding hydrogens is 644 g/mol. The van der Waals surface area contributed by atoms with Gasteiger partial charge in [0.25, 0.3) is 9.70 Å². The van der Waals surface area contributed by atoms with Crippen LogP contribution in [0.4, 0.5) is 0 Å². The molecule has 3 aromatic carbocycles. The van der Waals surface area contributed by atoms with Gasteiger partial charge in [-0.1, -0.05) is 131 Å². The first-order valence-corrected chi connectivity index (χ1v) is 14.9. The maximum absolute atomic E-state index is 12.1. The molecule has 1 amide bonds. The third kappa shape index (κ3) is 7.41. The molecule has 4 aromatic rings. The maximum atomic E-state index is 12.1. The highest BCUT2D eigenvalue weighted by molar-refractivity contribution is 6.76. The second-order valence-electron chi connectivity index (χ2n) is 9.79. The number of ether oxygens (including phenoxy) is 2. The Kier molecular flexibility index (Phi) is 10.0. The average molecular weight is 670 g/mol. The Balaban J connectivity index is 1.37. The van der Waals surface area contributed by atoms with Crippen molar-refractivity contribution in [2.24, 2.45) is 0 Å². The molecule has 3 atom stereocenters. The summed E-state index contributed by atoms with van der Waals surface area (Å²) in [4.78, 5) is 16.1. The van der Waals surface area contributed by atoms with Crippen LogP contribution in [0.25, 0.3) is 11.1 Å². The van der Waals surface area contributed by atoms with E-state index in [2.05, 4.69) is 10.3 Å². The molecule has 12 heteroatoms. The van der Waals surface area contributed by atoms with Crippen molar-refractivity contribution >= 4 is 63.9 Å². The molecule has 1 aliphatic heterocycles. The number of aliphatic hydroxyl groups is 1. The van der Waals surface area contributed by atoms with E-state index in [0.717, 1.165) is 33.4 Å². The molecule has 5 rings (SSSR count). The highest BCUT2D eigenvalue weighted by Crippen LogP contribution is 2.39. The number of nitrogens with one attached hydrogen (secondary N) is 1. The van der Waals surface area contributed by atoms with Crippen LogP contribution in [0.5, 0.6) is 0 Å². The number of imidazole rings is 1. The van der Waals surface area contributed by atoms with Crippen molar-refractivity contribution < 1.29 is 19.4 Å². The summed E-state index contributed by atoms with van der Waals surface area (Å²) in [5.41, 5.74) is 5.34. The van der Waals surface area contributed by atoms with Gasteiger partial charge in [0.1, 0.15) is 5.15 Å². The molecule has 0 saturated carbocycles. The molecule has 7 nitrogen and oxygen atoms in total. The number of benzene rings is 3. The predicted octanol–water partition coefficient (Wildman–Crippen LogP) is 7.58. The Morgan fingerprint density at radius 2 is 1.67 bits per heavy atom. The number of hydrogen-bond acceptors (Lipinski definition) is 5. The van der Waals surface area contributed by atoms with E-state index >= 15 is 0 Å². The van der Waals surface area contributed by atoms with Gasteiger partial charge < -0.3 is 24.5 Å². The lowest BCUT2D eigenvalue weighted by atomic mass is 9.97. The lowest BCUT2D eigenvalue weighted by Crippen LogP contribution is -2.34. The number of aromatic nitrogens is 2. The highest BCUT2D eigenvalue weighted by Gasteiger charge is 2.33. The van der Waals surface area contributed by atoms with E-state index in [4.69, 9.17) is 67.5 Å². The summed E-state index contributed by atoms with van der Waals surface area (Å²) < 4.78 is 12.6. The second-order valence-corrected chi connectivity index (χ2v) is 12.8. The fourth-order valence-corrected chi connectivity index (χ4v) is 5.29. The van der Waals surface area contributed by atoms with Crippen molar-refractivity contribution in [1.29, 1.82) is 0 Å². The summed E-state index contributed by atoms with van der Waals surface area (Å²) in [7, 11) is 0. The quantitative estimate of drug-likeness (QED) is 0.189. The number of aliphatic hydroxyl groups excluding tert-OH is 1. The number of halogens is 5. The third-order valence-electron chi connectivity index (χ3n) is 6.96. The summed E-state index contributed by atoms with van der Waals surface area (Å²) in [6, 6.07) is 23.2. The Morgan fingerprint density at radius 3 is 2.31 bits per heavy atom. The zero-order valence-corrected chi connectivity index (χ0v) is 25.8. The molecule has 1 aromatic heterocycles. The van der Waals surface area contributed by atoms with Crippen LogP contribution >= 0.6 is 58.0 Å².